The van der Waals surface area contributed by atoms with E-state index in [1.807, 2.05) is 30.3 Å². The topological polar surface area (TPSA) is 33.1 Å². The molecule has 1 aliphatic heterocycles. The lowest BCUT2D eigenvalue weighted by atomic mass is 10.0. The Balaban J connectivity index is 1.50. The van der Waals surface area contributed by atoms with E-state index in [-0.39, 0.29) is 0 Å². The number of hydrogen-bond acceptors (Lipinski definition) is 3. The van der Waals surface area contributed by atoms with Gasteiger partial charge in [-0.3, -0.25) is 4.90 Å². The number of likely N-dealkylation sites (tertiary alicyclic amines) is 1. The second-order valence-corrected chi connectivity index (χ2v) is 6.15. The highest BCUT2D eigenvalue weighted by atomic mass is 19.4. The Bertz CT molecular complexity index is 631. The van der Waals surface area contributed by atoms with Gasteiger partial charge in [0.2, 0.25) is 0 Å². The second-order valence-electron chi connectivity index (χ2n) is 6.15. The van der Waals surface area contributed by atoms with Crippen molar-refractivity contribution >= 4 is 5.69 Å². The van der Waals surface area contributed by atoms with Gasteiger partial charge in [-0.05, 0) is 25.0 Å². The maximum Gasteiger partial charge on any atom is 0.406 e. The van der Waals surface area contributed by atoms with Gasteiger partial charge in [0.25, 0.3) is 0 Å². The number of hydrogen-bond donors (Lipinski definition) is 1. The Hall–Kier alpha value is -2.02. The summed E-state index contributed by atoms with van der Waals surface area (Å²) in [5, 5.41) is 3.51. The van der Waals surface area contributed by atoms with Crippen LogP contribution in [0.2, 0.25) is 0 Å². The predicted octanol–water partition coefficient (Wildman–Crippen LogP) is 3.52. The van der Waals surface area contributed by atoms with Gasteiger partial charge in [-0.15, -0.1) is 0 Å². The minimum atomic E-state index is -4.22. The standard InChI is InChI=1S/C17H21F3N4/c18-17(19,20)13-24-11-8-21-16(24)12-23-9-6-15(7-10-23)22-14-4-2-1-3-5-14/h1-5,8,11,15,22H,6-7,9-10,12-13H2. The van der Waals surface area contributed by atoms with Gasteiger partial charge in [0.15, 0.2) is 0 Å². The van der Waals surface area contributed by atoms with Crippen molar-refractivity contribution < 1.29 is 13.2 Å². The highest BCUT2D eigenvalue weighted by Crippen LogP contribution is 2.20. The molecule has 24 heavy (non-hydrogen) atoms. The number of rotatable bonds is 5. The Kier molecular flexibility index (Phi) is 5.08. The van der Waals surface area contributed by atoms with Crippen LogP contribution < -0.4 is 5.32 Å². The summed E-state index contributed by atoms with van der Waals surface area (Å²) in [5.41, 5.74) is 1.11. The lowest BCUT2D eigenvalue weighted by molar-refractivity contribution is -0.141. The molecule has 2 heterocycles. The zero-order valence-corrected chi connectivity index (χ0v) is 13.3. The largest absolute Gasteiger partial charge is 0.406 e. The minimum Gasteiger partial charge on any atom is -0.382 e. The molecule has 3 rings (SSSR count). The number of imidazole rings is 1. The molecule has 1 saturated heterocycles. The molecule has 0 bridgehead atoms. The molecular weight excluding hydrogens is 317 g/mol. The Morgan fingerprint density at radius 2 is 1.83 bits per heavy atom. The van der Waals surface area contributed by atoms with Crippen LogP contribution in [0.3, 0.4) is 0 Å². The van der Waals surface area contributed by atoms with E-state index in [1.165, 1.54) is 17.0 Å². The third-order valence-corrected chi connectivity index (χ3v) is 4.25. The van der Waals surface area contributed by atoms with Crippen LogP contribution in [0.25, 0.3) is 0 Å². The van der Waals surface area contributed by atoms with Crippen LogP contribution in [-0.4, -0.2) is 39.8 Å². The summed E-state index contributed by atoms with van der Waals surface area (Å²) in [4.78, 5) is 6.25. The molecule has 0 aliphatic carbocycles. The van der Waals surface area contributed by atoms with E-state index in [0.717, 1.165) is 31.6 Å². The van der Waals surface area contributed by atoms with Crippen molar-refractivity contribution in [2.75, 3.05) is 18.4 Å². The summed E-state index contributed by atoms with van der Waals surface area (Å²) in [6.45, 7) is 1.18. The molecule has 1 fully saturated rings. The van der Waals surface area contributed by atoms with Crippen molar-refractivity contribution in [3.63, 3.8) is 0 Å². The zero-order chi connectivity index (χ0) is 17.0. The van der Waals surface area contributed by atoms with Gasteiger partial charge in [-0.25, -0.2) is 4.98 Å². The monoisotopic (exact) mass is 338 g/mol. The Labute approximate surface area is 139 Å². The average molecular weight is 338 g/mol. The normalized spacial score (nSPS) is 17.1. The van der Waals surface area contributed by atoms with Crippen molar-refractivity contribution in [1.82, 2.24) is 14.5 Å². The molecular formula is C17H21F3N4. The highest BCUT2D eigenvalue weighted by Gasteiger charge is 2.29. The van der Waals surface area contributed by atoms with E-state index < -0.39 is 12.7 Å². The van der Waals surface area contributed by atoms with Gasteiger partial charge >= 0.3 is 6.18 Å². The number of anilines is 1. The van der Waals surface area contributed by atoms with E-state index in [4.69, 9.17) is 0 Å². The quantitative estimate of drug-likeness (QED) is 0.905. The van der Waals surface area contributed by atoms with Crippen molar-refractivity contribution in [3.8, 4) is 0 Å². The van der Waals surface area contributed by atoms with Crippen molar-refractivity contribution in [3.05, 3.63) is 48.5 Å². The molecule has 0 atom stereocenters. The summed E-state index contributed by atoms with van der Waals surface area (Å²) in [7, 11) is 0. The molecule has 1 aliphatic rings. The Morgan fingerprint density at radius 1 is 1.12 bits per heavy atom. The van der Waals surface area contributed by atoms with Crippen LogP contribution in [0.4, 0.5) is 18.9 Å². The van der Waals surface area contributed by atoms with Crippen LogP contribution in [-0.2, 0) is 13.1 Å². The summed E-state index contributed by atoms with van der Waals surface area (Å²) >= 11 is 0. The van der Waals surface area contributed by atoms with Gasteiger partial charge in [-0.2, -0.15) is 13.2 Å². The first kappa shape index (κ1) is 16.8. The van der Waals surface area contributed by atoms with E-state index in [0.29, 0.717) is 18.4 Å². The molecule has 130 valence electrons. The van der Waals surface area contributed by atoms with Crippen molar-refractivity contribution in [2.24, 2.45) is 0 Å². The Morgan fingerprint density at radius 3 is 2.50 bits per heavy atom. The van der Waals surface area contributed by atoms with E-state index in [2.05, 4.69) is 15.2 Å². The first-order valence-corrected chi connectivity index (χ1v) is 8.10. The summed E-state index contributed by atoms with van der Waals surface area (Å²) in [6, 6.07) is 10.5. The SMILES string of the molecule is FC(F)(F)Cn1ccnc1CN1CCC(Nc2ccccc2)CC1. The van der Waals surface area contributed by atoms with Gasteiger partial charge in [0.1, 0.15) is 12.4 Å². The smallest absolute Gasteiger partial charge is 0.382 e. The van der Waals surface area contributed by atoms with Crippen LogP contribution in [0.1, 0.15) is 18.7 Å². The van der Waals surface area contributed by atoms with Crippen LogP contribution in [0.5, 0.6) is 0 Å². The fourth-order valence-electron chi connectivity index (χ4n) is 3.03. The maximum atomic E-state index is 12.6. The van der Waals surface area contributed by atoms with Crippen LogP contribution >= 0.6 is 0 Å². The number of nitrogens with zero attached hydrogens (tertiary/aromatic N) is 3. The number of nitrogens with one attached hydrogen (secondary N) is 1. The lowest BCUT2D eigenvalue weighted by Gasteiger charge is -2.32. The fraction of sp³-hybridized carbons (Fsp3) is 0.471. The first-order chi connectivity index (χ1) is 11.5. The first-order valence-electron chi connectivity index (χ1n) is 8.10. The molecule has 7 heteroatoms. The summed E-state index contributed by atoms with van der Waals surface area (Å²) < 4.78 is 38.9. The van der Waals surface area contributed by atoms with Gasteiger partial charge in [-0.1, -0.05) is 18.2 Å². The number of alkyl halides is 3. The number of piperidine rings is 1. The molecule has 1 N–H and O–H groups in total. The molecule has 4 nitrogen and oxygen atoms in total. The minimum absolute atomic E-state index is 0.401. The molecule has 1 aromatic heterocycles. The number of para-hydroxylation sites is 1. The second kappa shape index (κ2) is 7.25. The van der Waals surface area contributed by atoms with Crippen LogP contribution in [0, 0.1) is 0 Å². The van der Waals surface area contributed by atoms with Gasteiger partial charge < -0.3 is 9.88 Å². The summed E-state index contributed by atoms with van der Waals surface area (Å²) in [6.07, 6.45) is 0.545. The lowest BCUT2D eigenvalue weighted by Crippen LogP contribution is -2.39. The van der Waals surface area contributed by atoms with Gasteiger partial charge in [0.05, 0.1) is 6.54 Å². The number of halogens is 3. The van der Waals surface area contributed by atoms with Gasteiger partial charge in [0, 0.05) is 37.2 Å². The highest BCUT2D eigenvalue weighted by molar-refractivity contribution is 5.43. The molecule has 0 saturated carbocycles. The van der Waals surface area contributed by atoms with E-state index >= 15 is 0 Å². The molecule has 2 aromatic rings. The average Bonchev–Trinajstić information content (AvgIpc) is 2.95. The predicted molar refractivity (Wildman–Crippen MR) is 86.6 cm³/mol. The van der Waals surface area contributed by atoms with E-state index in [1.54, 1.807) is 0 Å². The molecule has 0 spiro atoms. The fourth-order valence-corrected chi connectivity index (χ4v) is 3.03. The third-order valence-electron chi connectivity index (χ3n) is 4.25. The maximum absolute atomic E-state index is 12.6. The molecule has 0 amide bonds. The molecule has 0 radical (unpaired) electrons. The number of aromatic nitrogens is 2. The van der Waals surface area contributed by atoms with Crippen LogP contribution in [0.15, 0.2) is 42.7 Å². The number of benzene rings is 1. The molecule has 1 aromatic carbocycles. The third kappa shape index (κ3) is 4.74. The van der Waals surface area contributed by atoms with E-state index in [9.17, 15) is 13.2 Å². The van der Waals surface area contributed by atoms with Crippen molar-refractivity contribution in [1.29, 1.82) is 0 Å². The molecule has 0 unspecified atom stereocenters. The van der Waals surface area contributed by atoms with Crippen molar-refractivity contribution in [2.45, 2.75) is 38.1 Å². The summed E-state index contributed by atoms with van der Waals surface area (Å²) in [5.74, 6) is 0.474. The zero-order valence-electron chi connectivity index (χ0n) is 13.3.